The van der Waals surface area contributed by atoms with Crippen molar-refractivity contribution in [1.29, 1.82) is 0 Å². The molecule has 0 saturated carbocycles. The number of fused-ring (bicyclic) bond motifs is 1. The van der Waals surface area contributed by atoms with E-state index in [2.05, 4.69) is 0 Å². The zero-order valence-corrected chi connectivity index (χ0v) is 14.6. The predicted molar refractivity (Wildman–Crippen MR) is 95.2 cm³/mol. The van der Waals surface area contributed by atoms with Gasteiger partial charge in [0.25, 0.3) is 0 Å². The Labute approximate surface area is 146 Å². The summed E-state index contributed by atoms with van der Waals surface area (Å²) < 4.78 is 25.0. The Morgan fingerprint density at radius 2 is 1.96 bits per heavy atom. The molecule has 2 aromatic carbocycles. The minimum atomic E-state index is -0.387. The molecule has 0 atom stereocenters. The maximum atomic E-state index is 14.3. The number of halogens is 2. The van der Waals surface area contributed by atoms with Crippen molar-refractivity contribution in [2.45, 2.75) is 26.5 Å². The highest BCUT2D eigenvalue weighted by atomic mass is 35.5. The van der Waals surface area contributed by atoms with Gasteiger partial charge in [0, 0.05) is 24.5 Å². The van der Waals surface area contributed by atoms with Crippen LogP contribution in [-0.2, 0) is 6.54 Å². The van der Waals surface area contributed by atoms with E-state index < -0.39 is 0 Å². The molecule has 0 unspecified atom stereocenters. The summed E-state index contributed by atoms with van der Waals surface area (Å²) in [5.41, 5.74) is 2.72. The summed E-state index contributed by atoms with van der Waals surface area (Å²) >= 11 is 6.39. The first-order valence-corrected chi connectivity index (χ1v) is 8.13. The molecule has 1 aliphatic heterocycles. The highest BCUT2D eigenvalue weighted by molar-refractivity contribution is 6.49. The van der Waals surface area contributed by atoms with Gasteiger partial charge in [0.05, 0.1) is 18.2 Å². The molecule has 0 aliphatic carbocycles. The van der Waals surface area contributed by atoms with E-state index in [1.807, 2.05) is 49.2 Å². The number of benzene rings is 2. The molecule has 0 aromatic heterocycles. The molecule has 0 spiro atoms. The van der Waals surface area contributed by atoms with Crippen molar-refractivity contribution >= 4 is 22.3 Å². The summed E-state index contributed by atoms with van der Waals surface area (Å²) in [4.78, 5) is 1.91. The molecule has 24 heavy (non-hydrogen) atoms. The molecule has 0 radical (unpaired) electrons. The van der Waals surface area contributed by atoms with Crippen LogP contribution in [0.15, 0.2) is 42.6 Å². The zero-order chi connectivity index (χ0) is 17.3. The van der Waals surface area contributed by atoms with Gasteiger partial charge in [-0.3, -0.25) is 0 Å². The third-order valence-electron chi connectivity index (χ3n) is 3.79. The topological polar surface area (TPSA) is 21.7 Å². The van der Waals surface area contributed by atoms with Gasteiger partial charge in [-0.15, -0.1) is 0 Å². The molecule has 0 fully saturated rings. The van der Waals surface area contributed by atoms with E-state index >= 15 is 0 Å². The molecule has 3 nitrogen and oxygen atoms in total. The Bertz CT molecular complexity index is 789. The van der Waals surface area contributed by atoms with Crippen LogP contribution >= 0.6 is 11.6 Å². The fourth-order valence-electron chi connectivity index (χ4n) is 2.68. The van der Waals surface area contributed by atoms with Crippen molar-refractivity contribution < 1.29 is 13.9 Å². The van der Waals surface area contributed by atoms with Crippen LogP contribution < -0.4 is 14.4 Å². The molecule has 3 rings (SSSR count). The smallest absolute Gasteiger partial charge is 0.167 e. The van der Waals surface area contributed by atoms with Gasteiger partial charge in [0.2, 0.25) is 0 Å². The number of rotatable bonds is 4. The third-order valence-corrected chi connectivity index (χ3v) is 4.09. The van der Waals surface area contributed by atoms with Gasteiger partial charge in [-0.1, -0.05) is 11.6 Å². The molecule has 0 amide bonds. The highest BCUT2D eigenvalue weighted by Crippen LogP contribution is 2.35. The van der Waals surface area contributed by atoms with Crippen molar-refractivity contribution in [3.63, 3.8) is 0 Å². The molecule has 1 heterocycles. The molecule has 0 bridgehead atoms. The van der Waals surface area contributed by atoms with Gasteiger partial charge in [-0.2, -0.15) is 0 Å². The van der Waals surface area contributed by atoms with Gasteiger partial charge >= 0.3 is 0 Å². The molecule has 126 valence electrons. The summed E-state index contributed by atoms with van der Waals surface area (Å²) in [5, 5.41) is 0.613. The largest absolute Gasteiger partial charge is 0.497 e. The SMILES string of the molecule is COc1ccc2c(c1)CN(c1ccc(OC(C)C)c(F)c1)C=C2Cl. The van der Waals surface area contributed by atoms with Crippen molar-refractivity contribution in [3.8, 4) is 11.5 Å². The molecule has 2 aromatic rings. The number of hydrogen-bond donors (Lipinski definition) is 0. The predicted octanol–water partition coefficient (Wildman–Crippen LogP) is 5.18. The fraction of sp³-hybridized carbons (Fsp3) is 0.263. The third kappa shape index (κ3) is 3.34. The standard InChI is InChI=1S/C19H19ClFNO2/c1-12(2)24-19-7-4-14(9-18(19)21)22-10-13-8-15(23-3)5-6-16(13)17(20)11-22/h4-9,11-12H,10H2,1-3H3. The van der Waals surface area contributed by atoms with Crippen molar-refractivity contribution in [3.05, 3.63) is 59.5 Å². The summed E-state index contributed by atoms with van der Waals surface area (Å²) in [6.45, 7) is 4.32. The lowest BCUT2D eigenvalue weighted by atomic mass is 10.0. The Morgan fingerprint density at radius 3 is 2.62 bits per heavy atom. The molecule has 5 heteroatoms. The van der Waals surface area contributed by atoms with Crippen molar-refractivity contribution in [1.82, 2.24) is 0 Å². The highest BCUT2D eigenvalue weighted by Gasteiger charge is 2.19. The average molecular weight is 348 g/mol. The number of hydrogen-bond acceptors (Lipinski definition) is 3. The Balaban J connectivity index is 1.91. The number of ether oxygens (including phenoxy) is 2. The second-order valence-corrected chi connectivity index (χ2v) is 6.32. The maximum absolute atomic E-state index is 14.3. The van der Waals surface area contributed by atoms with Gasteiger partial charge < -0.3 is 14.4 Å². The van der Waals surface area contributed by atoms with Crippen molar-refractivity contribution in [2.24, 2.45) is 0 Å². The lowest BCUT2D eigenvalue weighted by molar-refractivity contribution is 0.231. The van der Waals surface area contributed by atoms with Crippen LogP contribution in [0.4, 0.5) is 10.1 Å². The second-order valence-electron chi connectivity index (χ2n) is 5.91. The van der Waals surface area contributed by atoms with E-state index in [4.69, 9.17) is 21.1 Å². The first-order chi connectivity index (χ1) is 11.5. The molecule has 0 saturated heterocycles. The van der Waals surface area contributed by atoms with Crippen molar-refractivity contribution in [2.75, 3.05) is 12.0 Å². The van der Waals surface area contributed by atoms with Gasteiger partial charge in [0.1, 0.15) is 5.75 Å². The van der Waals surface area contributed by atoms with Gasteiger partial charge in [0.15, 0.2) is 11.6 Å². The van der Waals surface area contributed by atoms with Crippen LogP contribution in [-0.4, -0.2) is 13.2 Å². The van der Waals surface area contributed by atoms with Crippen LogP contribution in [0.3, 0.4) is 0 Å². The number of methoxy groups -OCH3 is 1. The van der Waals surface area contributed by atoms with Crippen LogP contribution in [0, 0.1) is 5.82 Å². The fourth-order valence-corrected chi connectivity index (χ4v) is 2.98. The van der Waals surface area contributed by atoms with E-state index in [1.165, 1.54) is 6.07 Å². The Morgan fingerprint density at radius 1 is 1.17 bits per heavy atom. The molecular weight excluding hydrogens is 329 g/mol. The van der Waals surface area contributed by atoms with Crippen LogP contribution in [0.25, 0.3) is 5.03 Å². The first-order valence-electron chi connectivity index (χ1n) is 7.75. The normalized spacial score (nSPS) is 13.6. The second kappa shape index (κ2) is 6.73. The van der Waals surface area contributed by atoms with Crippen LogP contribution in [0.1, 0.15) is 25.0 Å². The van der Waals surface area contributed by atoms with Gasteiger partial charge in [-0.25, -0.2) is 4.39 Å². The van der Waals surface area contributed by atoms with E-state index in [1.54, 1.807) is 13.2 Å². The lowest BCUT2D eigenvalue weighted by Gasteiger charge is -2.27. The Kier molecular flexibility index (Phi) is 4.67. The molecule has 0 N–H and O–H groups in total. The Hall–Kier alpha value is -2.20. The molecular formula is C19H19ClFNO2. The minimum absolute atomic E-state index is 0.0750. The quantitative estimate of drug-likeness (QED) is 0.760. The van der Waals surface area contributed by atoms with Crippen LogP contribution in [0.5, 0.6) is 11.5 Å². The van der Waals surface area contributed by atoms with Gasteiger partial charge in [-0.05, 0) is 55.3 Å². The summed E-state index contributed by atoms with van der Waals surface area (Å²) in [6.07, 6.45) is 1.74. The average Bonchev–Trinajstić information content (AvgIpc) is 2.55. The summed E-state index contributed by atoms with van der Waals surface area (Å²) in [5.74, 6) is 0.636. The van der Waals surface area contributed by atoms with E-state index in [9.17, 15) is 4.39 Å². The van der Waals surface area contributed by atoms with E-state index in [0.717, 1.165) is 22.6 Å². The summed E-state index contributed by atoms with van der Waals surface area (Å²) in [7, 11) is 1.63. The monoisotopic (exact) mass is 347 g/mol. The number of anilines is 1. The zero-order valence-electron chi connectivity index (χ0n) is 13.8. The molecule has 1 aliphatic rings. The van der Waals surface area contributed by atoms with Crippen LogP contribution in [0.2, 0.25) is 0 Å². The number of nitrogens with zero attached hydrogens (tertiary/aromatic N) is 1. The maximum Gasteiger partial charge on any atom is 0.167 e. The van der Waals surface area contributed by atoms with E-state index in [0.29, 0.717) is 11.6 Å². The summed E-state index contributed by atoms with van der Waals surface area (Å²) in [6, 6.07) is 10.7. The lowest BCUT2D eigenvalue weighted by Crippen LogP contribution is -2.20. The first kappa shape index (κ1) is 16.7. The minimum Gasteiger partial charge on any atom is -0.497 e. The van der Waals surface area contributed by atoms with E-state index in [-0.39, 0.29) is 17.7 Å².